The molecule has 2 aromatic rings. The summed E-state index contributed by atoms with van der Waals surface area (Å²) in [5.41, 5.74) is 4.11. The molecule has 0 aliphatic heterocycles. The summed E-state index contributed by atoms with van der Waals surface area (Å²) in [7, 11) is 5.28. The van der Waals surface area contributed by atoms with Crippen LogP contribution in [-0.2, 0) is 29.0 Å². The molecule has 0 saturated heterocycles. The Labute approximate surface area is 191 Å². The Bertz CT molecular complexity index is 868. The molecule has 32 heavy (non-hydrogen) atoms. The SMILES string of the molecule is CCOCCOCc1cccc(CNC(=NC)NCCc2cccc(C(=O)N(C)C)c2)c1. The van der Waals surface area contributed by atoms with Crippen molar-refractivity contribution in [3.63, 3.8) is 0 Å². The average molecular weight is 441 g/mol. The number of rotatable bonds is 12. The maximum Gasteiger partial charge on any atom is 0.253 e. The lowest BCUT2D eigenvalue weighted by Crippen LogP contribution is -2.37. The van der Waals surface area contributed by atoms with E-state index in [2.05, 4.69) is 33.8 Å². The first-order valence-corrected chi connectivity index (χ1v) is 11.0. The van der Waals surface area contributed by atoms with Gasteiger partial charge in [0.15, 0.2) is 5.96 Å². The Morgan fingerprint density at radius 1 is 0.969 bits per heavy atom. The number of ether oxygens (including phenoxy) is 2. The van der Waals surface area contributed by atoms with E-state index in [0.717, 1.165) is 29.1 Å². The van der Waals surface area contributed by atoms with Gasteiger partial charge in [0.1, 0.15) is 0 Å². The summed E-state index contributed by atoms with van der Waals surface area (Å²) in [6.45, 7) is 5.86. The molecule has 0 unspecified atom stereocenters. The number of carbonyl (C=O) groups excluding carboxylic acids is 1. The summed E-state index contributed by atoms with van der Waals surface area (Å²) >= 11 is 0. The summed E-state index contributed by atoms with van der Waals surface area (Å²) in [5.74, 6) is 0.753. The molecular formula is C25H36N4O3. The molecule has 0 aliphatic rings. The second-order valence-corrected chi connectivity index (χ2v) is 7.57. The normalized spacial score (nSPS) is 11.3. The van der Waals surface area contributed by atoms with Crippen molar-refractivity contribution in [3.05, 3.63) is 70.8 Å². The number of amides is 1. The van der Waals surface area contributed by atoms with Crippen LogP contribution in [0.4, 0.5) is 0 Å². The molecule has 7 nitrogen and oxygen atoms in total. The molecule has 0 aliphatic carbocycles. The van der Waals surface area contributed by atoms with Gasteiger partial charge >= 0.3 is 0 Å². The number of hydrogen-bond donors (Lipinski definition) is 2. The zero-order chi connectivity index (χ0) is 23.2. The molecule has 2 aromatic carbocycles. The van der Waals surface area contributed by atoms with E-state index in [1.54, 1.807) is 26.0 Å². The van der Waals surface area contributed by atoms with Crippen molar-refractivity contribution in [3.8, 4) is 0 Å². The third-order valence-corrected chi connectivity index (χ3v) is 4.81. The van der Waals surface area contributed by atoms with E-state index < -0.39 is 0 Å². The zero-order valence-corrected chi connectivity index (χ0v) is 19.7. The lowest BCUT2D eigenvalue weighted by atomic mass is 10.1. The molecule has 2 N–H and O–H groups in total. The largest absolute Gasteiger partial charge is 0.379 e. The van der Waals surface area contributed by atoms with Crippen molar-refractivity contribution in [2.24, 2.45) is 4.99 Å². The van der Waals surface area contributed by atoms with Gasteiger partial charge in [-0.1, -0.05) is 36.4 Å². The molecule has 0 fully saturated rings. The quantitative estimate of drug-likeness (QED) is 0.302. The van der Waals surface area contributed by atoms with Crippen LogP contribution in [0, 0.1) is 0 Å². The van der Waals surface area contributed by atoms with E-state index in [4.69, 9.17) is 9.47 Å². The highest BCUT2D eigenvalue weighted by molar-refractivity contribution is 5.94. The Morgan fingerprint density at radius 2 is 1.69 bits per heavy atom. The van der Waals surface area contributed by atoms with Gasteiger partial charge in [0.25, 0.3) is 5.91 Å². The molecule has 0 spiro atoms. The molecule has 0 saturated carbocycles. The maximum atomic E-state index is 12.1. The lowest BCUT2D eigenvalue weighted by Gasteiger charge is -2.14. The van der Waals surface area contributed by atoms with Crippen LogP contribution in [0.3, 0.4) is 0 Å². The number of aliphatic imine (C=N–C) groups is 1. The number of hydrogen-bond acceptors (Lipinski definition) is 4. The van der Waals surface area contributed by atoms with Crippen LogP contribution in [0.2, 0.25) is 0 Å². The van der Waals surface area contributed by atoms with E-state index >= 15 is 0 Å². The zero-order valence-electron chi connectivity index (χ0n) is 19.7. The molecule has 0 heterocycles. The first-order chi connectivity index (χ1) is 15.5. The first kappa shape index (κ1) is 25.4. The van der Waals surface area contributed by atoms with Gasteiger partial charge in [0, 0.05) is 46.4 Å². The monoisotopic (exact) mass is 440 g/mol. The summed E-state index contributed by atoms with van der Waals surface area (Å²) in [5, 5.41) is 6.68. The highest BCUT2D eigenvalue weighted by atomic mass is 16.5. The van der Waals surface area contributed by atoms with Crippen LogP contribution >= 0.6 is 0 Å². The van der Waals surface area contributed by atoms with Crippen LogP contribution in [0.1, 0.15) is 34.0 Å². The summed E-state index contributed by atoms with van der Waals surface area (Å²) in [4.78, 5) is 18.0. The Hall–Kier alpha value is -2.90. The Morgan fingerprint density at radius 3 is 2.44 bits per heavy atom. The average Bonchev–Trinajstić information content (AvgIpc) is 2.81. The van der Waals surface area contributed by atoms with Crippen molar-refractivity contribution in [2.45, 2.75) is 26.5 Å². The predicted octanol–water partition coefficient (Wildman–Crippen LogP) is 2.85. The fourth-order valence-electron chi connectivity index (χ4n) is 3.13. The van der Waals surface area contributed by atoms with Crippen molar-refractivity contribution in [1.29, 1.82) is 0 Å². The van der Waals surface area contributed by atoms with Crippen LogP contribution in [-0.4, -0.2) is 64.3 Å². The molecular weight excluding hydrogens is 404 g/mol. The number of carbonyl (C=O) groups is 1. The molecule has 0 bridgehead atoms. The van der Waals surface area contributed by atoms with Gasteiger partial charge in [-0.3, -0.25) is 9.79 Å². The van der Waals surface area contributed by atoms with E-state index in [1.165, 1.54) is 0 Å². The van der Waals surface area contributed by atoms with E-state index in [0.29, 0.717) is 45.1 Å². The third kappa shape index (κ3) is 9.08. The second kappa shape index (κ2) is 14.2. The van der Waals surface area contributed by atoms with E-state index in [9.17, 15) is 4.79 Å². The minimum Gasteiger partial charge on any atom is -0.379 e. The molecule has 7 heteroatoms. The summed E-state index contributed by atoms with van der Waals surface area (Å²) < 4.78 is 10.9. The van der Waals surface area contributed by atoms with Gasteiger partial charge in [-0.25, -0.2) is 0 Å². The summed E-state index contributed by atoms with van der Waals surface area (Å²) in [6, 6.07) is 16.1. The van der Waals surface area contributed by atoms with Crippen LogP contribution in [0.15, 0.2) is 53.5 Å². The highest BCUT2D eigenvalue weighted by Crippen LogP contribution is 2.08. The molecule has 1 amide bonds. The van der Waals surface area contributed by atoms with Crippen molar-refractivity contribution >= 4 is 11.9 Å². The fourth-order valence-corrected chi connectivity index (χ4v) is 3.13. The first-order valence-electron chi connectivity index (χ1n) is 11.0. The molecule has 174 valence electrons. The van der Waals surface area contributed by atoms with Gasteiger partial charge < -0.3 is 25.0 Å². The molecule has 2 rings (SSSR count). The number of nitrogens with one attached hydrogen (secondary N) is 2. The Balaban J connectivity index is 1.77. The topological polar surface area (TPSA) is 75.2 Å². The van der Waals surface area contributed by atoms with Crippen LogP contribution in [0.25, 0.3) is 0 Å². The van der Waals surface area contributed by atoms with Gasteiger partial charge in [-0.2, -0.15) is 0 Å². The third-order valence-electron chi connectivity index (χ3n) is 4.81. The smallest absolute Gasteiger partial charge is 0.253 e. The maximum absolute atomic E-state index is 12.1. The van der Waals surface area contributed by atoms with E-state index in [-0.39, 0.29) is 5.91 Å². The van der Waals surface area contributed by atoms with E-state index in [1.807, 2.05) is 37.3 Å². The molecule has 0 atom stereocenters. The Kier molecular flexibility index (Phi) is 11.3. The minimum absolute atomic E-state index is 0.0132. The van der Waals surface area contributed by atoms with Crippen LogP contribution in [0.5, 0.6) is 0 Å². The van der Waals surface area contributed by atoms with Crippen molar-refractivity contribution in [1.82, 2.24) is 15.5 Å². The van der Waals surface area contributed by atoms with Gasteiger partial charge in [-0.15, -0.1) is 0 Å². The van der Waals surface area contributed by atoms with Crippen molar-refractivity contribution in [2.75, 3.05) is 47.5 Å². The summed E-state index contributed by atoms with van der Waals surface area (Å²) in [6.07, 6.45) is 0.795. The fraction of sp³-hybridized carbons (Fsp3) is 0.440. The predicted molar refractivity (Wildman–Crippen MR) is 129 cm³/mol. The standard InChI is InChI=1S/C25H36N4O3/c1-5-31-14-15-32-19-22-10-6-9-21(16-22)18-28-25(26-2)27-13-12-20-8-7-11-23(17-20)24(30)29(3)4/h6-11,16-17H,5,12-15,18-19H2,1-4H3,(H2,26,27,28). The molecule has 0 radical (unpaired) electrons. The lowest BCUT2D eigenvalue weighted by molar-refractivity contribution is 0.0453. The number of benzene rings is 2. The molecule has 0 aromatic heterocycles. The number of nitrogens with zero attached hydrogens (tertiary/aromatic N) is 2. The highest BCUT2D eigenvalue weighted by Gasteiger charge is 2.08. The van der Waals surface area contributed by atoms with Gasteiger partial charge in [0.2, 0.25) is 0 Å². The van der Waals surface area contributed by atoms with Gasteiger partial charge in [-0.05, 0) is 42.2 Å². The minimum atomic E-state index is 0.0132. The van der Waals surface area contributed by atoms with Crippen molar-refractivity contribution < 1.29 is 14.3 Å². The number of guanidine groups is 1. The van der Waals surface area contributed by atoms with Crippen LogP contribution < -0.4 is 10.6 Å². The second-order valence-electron chi connectivity index (χ2n) is 7.57. The van der Waals surface area contributed by atoms with Gasteiger partial charge in [0.05, 0.1) is 19.8 Å².